The maximum atomic E-state index is 13.4. The number of ether oxygens (including phenoxy) is 1. The van der Waals surface area contributed by atoms with E-state index in [9.17, 15) is 8.78 Å². The molecule has 100 valence electrons. The van der Waals surface area contributed by atoms with Gasteiger partial charge in [-0.3, -0.25) is 0 Å². The normalized spacial score (nSPS) is 10.5. The van der Waals surface area contributed by atoms with Crippen LogP contribution in [-0.2, 0) is 6.54 Å². The Morgan fingerprint density at radius 1 is 1.11 bits per heavy atom. The van der Waals surface area contributed by atoms with E-state index in [1.165, 1.54) is 24.3 Å². The fourth-order valence-corrected chi connectivity index (χ4v) is 2.00. The van der Waals surface area contributed by atoms with Gasteiger partial charge in [0.2, 0.25) is 0 Å². The first-order chi connectivity index (χ1) is 9.08. The van der Waals surface area contributed by atoms with E-state index in [4.69, 9.17) is 4.74 Å². The molecule has 0 aliphatic heterocycles. The molecule has 0 aliphatic rings. The van der Waals surface area contributed by atoms with Gasteiger partial charge in [0, 0.05) is 18.7 Å². The molecule has 1 N–H and O–H groups in total. The quantitative estimate of drug-likeness (QED) is 0.906. The summed E-state index contributed by atoms with van der Waals surface area (Å²) in [4.78, 5) is 0. The summed E-state index contributed by atoms with van der Waals surface area (Å²) in [7, 11) is 1.77. The summed E-state index contributed by atoms with van der Waals surface area (Å²) in [6.07, 6.45) is 0. The number of nitrogens with one attached hydrogen (secondary N) is 1. The standard InChI is InChI=1S/C14H12BrF2NO/c1-18-8-9-4-11(17)6-12(5-9)19-14-7-10(16)2-3-13(14)15/h2-7,18H,8H2,1H3. The average Bonchev–Trinajstić information content (AvgIpc) is 2.33. The minimum atomic E-state index is -0.412. The van der Waals surface area contributed by atoms with Crippen LogP contribution in [-0.4, -0.2) is 7.05 Å². The Labute approximate surface area is 118 Å². The molecule has 0 saturated heterocycles. The molecular weight excluding hydrogens is 316 g/mol. The van der Waals surface area contributed by atoms with Crippen molar-refractivity contribution in [3.05, 3.63) is 58.1 Å². The van der Waals surface area contributed by atoms with Crippen LogP contribution in [0.2, 0.25) is 0 Å². The lowest BCUT2D eigenvalue weighted by Gasteiger charge is -2.10. The highest BCUT2D eigenvalue weighted by Gasteiger charge is 2.07. The van der Waals surface area contributed by atoms with Crippen LogP contribution in [0.1, 0.15) is 5.56 Å². The minimum Gasteiger partial charge on any atom is -0.456 e. The van der Waals surface area contributed by atoms with Crippen LogP contribution in [0.5, 0.6) is 11.5 Å². The van der Waals surface area contributed by atoms with E-state index in [2.05, 4.69) is 21.2 Å². The second-order valence-electron chi connectivity index (χ2n) is 4.00. The highest BCUT2D eigenvalue weighted by atomic mass is 79.9. The third kappa shape index (κ3) is 3.75. The van der Waals surface area contributed by atoms with Crippen molar-refractivity contribution in [1.29, 1.82) is 0 Å². The number of halogens is 3. The van der Waals surface area contributed by atoms with Crippen LogP contribution in [0.15, 0.2) is 40.9 Å². The highest BCUT2D eigenvalue weighted by molar-refractivity contribution is 9.10. The second-order valence-corrected chi connectivity index (χ2v) is 4.86. The molecule has 2 rings (SSSR count). The maximum absolute atomic E-state index is 13.4. The largest absolute Gasteiger partial charge is 0.456 e. The fraction of sp³-hybridized carbons (Fsp3) is 0.143. The number of rotatable bonds is 4. The summed E-state index contributed by atoms with van der Waals surface area (Å²) in [5.41, 5.74) is 0.755. The Balaban J connectivity index is 2.29. The van der Waals surface area contributed by atoms with Crippen molar-refractivity contribution < 1.29 is 13.5 Å². The van der Waals surface area contributed by atoms with Gasteiger partial charge in [-0.1, -0.05) is 0 Å². The first kappa shape index (κ1) is 14.0. The predicted molar refractivity (Wildman–Crippen MR) is 73.3 cm³/mol. The Hall–Kier alpha value is -1.46. The minimum absolute atomic E-state index is 0.306. The molecule has 0 atom stereocenters. The number of hydrogen-bond acceptors (Lipinski definition) is 2. The molecule has 0 amide bonds. The van der Waals surface area contributed by atoms with Gasteiger partial charge in [0.25, 0.3) is 0 Å². The Morgan fingerprint density at radius 2 is 1.89 bits per heavy atom. The smallest absolute Gasteiger partial charge is 0.144 e. The zero-order valence-corrected chi connectivity index (χ0v) is 11.8. The zero-order valence-electron chi connectivity index (χ0n) is 10.2. The maximum Gasteiger partial charge on any atom is 0.144 e. The van der Waals surface area contributed by atoms with Crippen LogP contribution < -0.4 is 10.1 Å². The van der Waals surface area contributed by atoms with Crippen molar-refractivity contribution in [1.82, 2.24) is 5.32 Å². The van der Waals surface area contributed by atoms with Crippen LogP contribution in [0.3, 0.4) is 0 Å². The van der Waals surface area contributed by atoms with E-state index in [1.54, 1.807) is 19.2 Å². The fourth-order valence-electron chi connectivity index (χ4n) is 1.67. The molecule has 0 aliphatic carbocycles. The molecule has 0 aromatic heterocycles. The monoisotopic (exact) mass is 327 g/mol. The summed E-state index contributed by atoms with van der Waals surface area (Å²) < 4.78 is 32.7. The van der Waals surface area contributed by atoms with Gasteiger partial charge < -0.3 is 10.1 Å². The summed E-state index contributed by atoms with van der Waals surface area (Å²) >= 11 is 3.26. The summed E-state index contributed by atoms with van der Waals surface area (Å²) in [5.74, 6) is -0.169. The van der Waals surface area contributed by atoms with Gasteiger partial charge in [0.1, 0.15) is 23.1 Å². The van der Waals surface area contributed by atoms with E-state index in [0.29, 0.717) is 22.5 Å². The van der Waals surface area contributed by atoms with Crippen molar-refractivity contribution in [3.63, 3.8) is 0 Å². The molecule has 0 fully saturated rings. The molecular formula is C14H12BrF2NO. The van der Waals surface area contributed by atoms with Crippen LogP contribution in [0, 0.1) is 11.6 Å². The van der Waals surface area contributed by atoms with Gasteiger partial charge in [-0.05, 0) is 52.8 Å². The summed E-state index contributed by atoms with van der Waals surface area (Å²) in [6.45, 7) is 0.526. The molecule has 0 bridgehead atoms. The van der Waals surface area contributed by atoms with Crippen molar-refractivity contribution in [2.45, 2.75) is 6.54 Å². The molecule has 0 unspecified atom stereocenters. The average molecular weight is 328 g/mol. The molecule has 2 nitrogen and oxygen atoms in total. The lowest BCUT2D eigenvalue weighted by Crippen LogP contribution is -2.05. The molecule has 0 radical (unpaired) electrons. The van der Waals surface area contributed by atoms with Gasteiger partial charge in [-0.15, -0.1) is 0 Å². The van der Waals surface area contributed by atoms with Gasteiger partial charge in [0.15, 0.2) is 0 Å². The SMILES string of the molecule is CNCc1cc(F)cc(Oc2cc(F)ccc2Br)c1. The highest BCUT2D eigenvalue weighted by Crippen LogP contribution is 2.31. The molecule has 0 heterocycles. The van der Waals surface area contributed by atoms with E-state index >= 15 is 0 Å². The molecule has 2 aromatic carbocycles. The van der Waals surface area contributed by atoms with E-state index in [0.717, 1.165) is 5.56 Å². The van der Waals surface area contributed by atoms with Gasteiger partial charge in [0.05, 0.1) is 4.47 Å². The second kappa shape index (κ2) is 6.12. The Morgan fingerprint density at radius 3 is 2.63 bits per heavy atom. The predicted octanol–water partition coefficient (Wildman–Crippen LogP) is 4.24. The van der Waals surface area contributed by atoms with Gasteiger partial charge in [-0.25, -0.2) is 8.78 Å². The molecule has 0 saturated carbocycles. The molecule has 2 aromatic rings. The zero-order chi connectivity index (χ0) is 13.8. The molecule has 0 spiro atoms. The van der Waals surface area contributed by atoms with E-state index in [1.807, 2.05) is 0 Å². The number of benzene rings is 2. The Bertz CT molecular complexity index is 590. The van der Waals surface area contributed by atoms with Crippen LogP contribution in [0.4, 0.5) is 8.78 Å². The van der Waals surface area contributed by atoms with Crippen molar-refractivity contribution in [2.75, 3.05) is 7.05 Å². The third-order valence-electron chi connectivity index (χ3n) is 2.43. The van der Waals surface area contributed by atoms with Crippen LogP contribution in [0.25, 0.3) is 0 Å². The van der Waals surface area contributed by atoms with Crippen molar-refractivity contribution >= 4 is 15.9 Å². The van der Waals surface area contributed by atoms with Gasteiger partial charge >= 0.3 is 0 Å². The van der Waals surface area contributed by atoms with E-state index in [-0.39, 0.29) is 0 Å². The lowest BCUT2D eigenvalue weighted by molar-refractivity contribution is 0.467. The topological polar surface area (TPSA) is 21.3 Å². The summed E-state index contributed by atoms with van der Waals surface area (Å²) in [6, 6.07) is 8.48. The van der Waals surface area contributed by atoms with Crippen molar-refractivity contribution in [2.24, 2.45) is 0 Å². The summed E-state index contributed by atoms with van der Waals surface area (Å²) in [5, 5.41) is 2.93. The Kier molecular flexibility index (Phi) is 4.50. The van der Waals surface area contributed by atoms with E-state index < -0.39 is 11.6 Å². The number of hydrogen-bond donors (Lipinski definition) is 1. The van der Waals surface area contributed by atoms with Gasteiger partial charge in [-0.2, -0.15) is 0 Å². The lowest BCUT2D eigenvalue weighted by atomic mass is 10.2. The first-order valence-electron chi connectivity index (χ1n) is 5.65. The third-order valence-corrected chi connectivity index (χ3v) is 3.09. The molecule has 19 heavy (non-hydrogen) atoms. The molecule has 5 heteroatoms. The first-order valence-corrected chi connectivity index (χ1v) is 6.45. The van der Waals surface area contributed by atoms with Crippen molar-refractivity contribution in [3.8, 4) is 11.5 Å². The van der Waals surface area contributed by atoms with Crippen LogP contribution >= 0.6 is 15.9 Å².